The first-order valence-corrected chi connectivity index (χ1v) is 9.82. The molecule has 6 heteroatoms. The molecule has 0 saturated heterocycles. The zero-order valence-electron chi connectivity index (χ0n) is 15.5. The molecule has 3 rings (SSSR count). The van der Waals surface area contributed by atoms with Crippen molar-refractivity contribution in [2.45, 2.75) is 13.3 Å². The van der Waals surface area contributed by atoms with Crippen molar-refractivity contribution in [2.75, 3.05) is 11.4 Å². The van der Waals surface area contributed by atoms with E-state index in [-0.39, 0.29) is 11.8 Å². The van der Waals surface area contributed by atoms with E-state index in [1.807, 2.05) is 66.0 Å². The lowest BCUT2D eigenvalue weighted by Crippen LogP contribution is -2.23. The number of nitrogens with one attached hydrogen (secondary N) is 1. The number of hydrogen-bond acceptors (Lipinski definition) is 4. The molecule has 1 aromatic heterocycles. The third kappa shape index (κ3) is 5.37. The van der Waals surface area contributed by atoms with Crippen molar-refractivity contribution in [3.05, 3.63) is 83.4 Å². The molecule has 0 atom stereocenters. The zero-order valence-corrected chi connectivity index (χ0v) is 16.4. The standard InChI is InChI=1S/C22H21N3O2S/c1-17(26)25(20-10-6-3-7-11-20)22-24-19(16-28-22)12-13-21(27)23-15-14-18-8-4-2-5-9-18/h2-13,16H,14-15H2,1H3,(H,23,27)/b13-12+. The molecule has 1 heterocycles. The van der Waals surface area contributed by atoms with Gasteiger partial charge in [-0.2, -0.15) is 0 Å². The van der Waals surface area contributed by atoms with Crippen molar-refractivity contribution in [1.29, 1.82) is 0 Å². The van der Waals surface area contributed by atoms with Crippen LogP contribution in [0.2, 0.25) is 0 Å². The highest BCUT2D eigenvalue weighted by molar-refractivity contribution is 7.14. The van der Waals surface area contributed by atoms with Crippen molar-refractivity contribution in [3.8, 4) is 0 Å². The van der Waals surface area contributed by atoms with Crippen molar-refractivity contribution in [3.63, 3.8) is 0 Å². The molecular formula is C22H21N3O2S. The highest BCUT2D eigenvalue weighted by atomic mass is 32.1. The van der Waals surface area contributed by atoms with Crippen molar-refractivity contribution in [2.24, 2.45) is 0 Å². The Kier molecular flexibility index (Phi) is 6.70. The van der Waals surface area contributed by atoms with Gasteiger partial charge < -0.3 is 5.32 Å². The van der Waals surface area contributed by atoms with Crippen LogP contribution in [0, 0.1) is 0 Å². The maximum absolute atomic E-state index is 12.1. The summed E-state index contributed by atoms with van der Waals surface area (Å²) in [4.78, 5) is 30.1. The van der Waals surface area contributed by atoms with Gasteiger partial charge in [0.25, 0.3) is 0 Å². The molecule has 0 saturated carbocycles. The van der Waals surface area contributed by atoms with Crippen molar-refractivity contribution < 1.29 is 9.59 Å². The Labute approximate surface area is 168 Å². The van der Waals surface area contributed by atoms with Crippen LogP contribution in [-0.2, 0) is 16.0 Å². The molecule has 1 N–H and O–H groups in total. The second-order valence-electron chi connectivity index (χ2n) is 6.10. The van der Waals surface area contributed by atoms with Gasteiger partial charge in [0.1, 0.15) is 0 Å². The molecule has 142 valence electrons. The third-order valence-corrected chi connectivity index (χ3v) is 4.84. The molecule has 2 aromatic carbocycles. The molecule has 0 aliphatic rings. The molecule has 0 radical (unpaired) electrons. The molecule has 0 aliphatic heterocycles. The highest BCUT2D eigenvalue weighted by Crippen LogP contribution is 2.28. The van der Waals surface area contributed by atoms with E-state index in [1.54, 1.807) is 11.0 Å². The van der Waals surface area contributed by atoms with Crippen LogP contribution in [0.15, 0.2) is 72.1 Å². The first-order chi connectivity index (χ1) is 13.6. The minimum Gasteiger partial charge on any atom is -0.352 e. The first kappa shape index (κ1) is 19.5. The summed E-state index contributed by atoms with van der Waals surface area (Å²) in [6.45, 7) is 2.08. The van der Waals surface area contributed by atoms with Crippen molar-refractivity contribution in [1.82, 2.24) is 10.3 Å². The van der Waals surface area contributed by atoms with Crippen LogP contribution in [0.3, 0.4) is 0 Å². The minimum atomic E-state index is -0.169. The second-order valence-corrected chi connectivity index (χ2v) is 6.94. The molecule has 28 heavy (non-hydrogen) atoms. The molecule has 0 unspecified atom stereocenters. The van der Waals surface area contributed by atoms with Gasteiger partial charge in [0.15, 0.2) is 5.13 Å². The average molecular weight is 391 g/mol. The van der Waals surface area contributed by atoms with Gasteiger partial charge in [-0.3, -0.25) is 14.5 Å². The quantitative estimate of drug-likeness (QED) is 0.614. The van der Waals surface area contributed by atoms with E-state index in [0.717, 1.165) is 12.1 Å². The van der Waals surface area contributed by atoms with Gasteiger partial charge in [0, 0.05) is 24.9 Å². The summed E-state index contributed by atoms with van der Waals surface area (Å²) in [5.41, 5.74) is 2.58. The molecule has 0 spiro atoms. The number of thiazole rings is 1. The summed E-state index contributed by atoms with van der Waals surface area (Å²) in [5, 5.41) is 5.25. The predicted molar refractivity (Wildman–Crippen MR) is 114 cm³/mol. The fourth-order valence-corrected chi connectivity index (χ4v) is 3.51. The lowest BCUT2D eigenvalue weighted by molar-refractivity contribution is -0.117. The second kappa shape index (κ2) is 9.62. The summed E-state index contributed by atoms with van der Waals surface area (Å²) >= 11 is 1.36. The number of aromatic nitrogens is 1. The zero-order chi connectivity index (χ0) is 19.8. The third-order valence-electron chi connectivity index (χ3n) is 3.99. The van der Waals surface area contributed by atoms with Crippen LogP contribution in [0.4, 0.5) is 10.8 Å². The normalized spacial score (nSPS) is 10.8. The number of amides is 2. The van der Waals surface area contributed by atoms with E-state index in [9.17, 15) is 9.59 Å². The number of rotatable bonds is 7. The van der Waals surface area contributed by atoms with Crippen LogP contribution in [0.1, 0.15) is 18.2 Å². The van der Waals surface area contributed by atoms with E-state index in [2.05, 4.69) is 10.3 Å². The SMILES string of the molecule is CC(=O)N(c1ccccc1)c1nc(/C=C/C(=O)NCCc2ccccc2)cs1. The van der Waals surface area contributed by atoms with Gasteiger partial charge in [0.05, 0.1) is 11.4 Å². The minimum absolute atomic E-state index is 0.116. The molecule has 5 nitrogen and oxygen atoms in total. The Morgan fingerprint density at radius 3 is 2.43 bits per heavy atom. The molecule has 2 amide bonds. The van der Waals surface area contributed by atoms with E-state index < -0.39 is 0 Å². The fraction of sp³-hybridized carbons (Fsp3) is 0.136. The fourth-order valence-electron chi connectivity index (χ4n) is 2.65. The van der Waals surface area contributed by atoms with E-state index in [0.29, 0.717) is 17.4 Å². The Bertz CT molecular complexity index is 952. The summed E-state index contributed by atoms with van der Waals surface area (Å²) in [6.07, 6.45) is 3.90. The van der Waals surface area contributed by atoms with Gasteiger partial charge in [-0.15, -0.1) is 11.3 Å². The summed E-state index contributed by atoms with van der Waals surface area (Å²) in [7, 11) is 0. The Hall–Kier alpha value is -3.25. The molecular weight excluding hydrogens is 370 g/mol. The smallest absolute Gasteiger partial charge is 0.244 e. The molecule has 0 aliphatic carbocycles. The number of hydrogen-bond donors (Lipinski definition) is 1. The maximum Gasteiger partial charge on any atom is 0.244 e. The van der Waals surface area contributed by atoms with Crippen molar-refractivity contribution >= 4 is 40.0 Å². The van der Waals surface area contributed by atoms with Crippen LogP contribution < -0.4 is 10.2 Å². The number of anilines is 2. The van der Waals surface area contributed by atoms with Gasteiger partial charge in [-0.05, 0) is 30.2 Å². The van der Waals surface area contributed by atoms with E-state index in [4.69, 9.17) is 0 Å². The number of nitrogens with zero attached hydrogens (tertiary/aromatic N) is 2. The maximum atomic E-state index is 12.1. The van der Waals surface area contributed by atoms with Gasteiger partial charge in [0.2, 0.25) is 11.8 Å². The monoisotopic (exact) mass is 391 g/mol. The Morgan fingerprint density at radius 2 is 1.75 bits per heavy atom. The molecule has 0 bridgehead atoms. The van der Waals surface area contributed by atoms with E-state index in [1.165, 1.54) is 29.9 Å². The average Bonchev–Trinajstić information content (AvgIpc) is 3.16. The van der Waals surface area contributed by atoms with Gasteiger partial charge in [-0.25, -0.2) is 4.98 Å². The Morgan fingerprint density at radius 1 is 1.07 bits per heavy atom. The summed E-state index contributed by atoms with van der Waals surface area (Å²) in [6, 6.07) is 19.4. The van der Waals surface area contributed by atoms with Gasteiger partial charge in [-0.1, -0.05) is 48.5 Å². The number of benzene rings is 2. The van der Waals surface area contributed by atoms with Crippen LogP contribution in [-0.4, -0.2) is 23.3 Å². The number of para-hydroxylation sites is 1. The van der Waals surface area contributed by atoms with Crippen LogP contribution >= 0.6 is 11.3 Å². The van der Waals surface area contributed by atoms with Crippen LogP contribution in [0.5, 0.6) is 0 Å². The van der Waals surface area contributed by atoms with Gasteiger partial charge >= 0.3 is 0 Å². The largest absolute Gasteiger partial charge is 0.352 e. The predicted octanol–water partition coefficient (Wildman–Crippen LogP) is 4.20. The summed E-state index contributed by atoms with van der Waals surface area (Å²) < 4.78 is 0. The summed E-state index contributed by atoms with van der Waals surface area (Å²) in [5.74, 6) is -0.285. The number of carbonyl (C=O) groups excluding carboxylic acids is 2. The first-order valence-electron chi connectivity index (χ1n) is 8.94. The van der Waals surface area contributed by atoms with Crippen LogP contribution in [0.25, 0.3) is 6.08 Å². The molecule has 0 fully saturated rings. The topological polar surface area (TPSA) is 62.3 Å². The molecule has 3 aromatic rings. The highest BCUT2D eigenvalue weighted by Gasteiger charge is 2.17. The van der Waals surface area contributed by atoms with E-state index >= 15 is 0 Å². The lowest BCUT2D eigenvalue weighted by atomic mass is 10.1. The lowest BCUT2D eigenvalue weighted by Gasteiger charge is -2.17. The Balaban J connectivity index is 1.58. The number of carbonyl (C=O) groups is 2.